The van der Waals surface area contributed by atoms with Crippen molar-refractivity contribution < 1.29 is 18.7 Å². The molecule has 5 nitrogen and oxygen atoms in total. The third kappa shape index (κ3) is 4.66. The molecule has 1 heterocycles. The van der Waals surface area contributed by atoms with Crippen molar-refractivity contribution in [1.82, 2.24) is 4.57 Å². The third-order valence-corrected chi connectivity index (χ3v) is 4.79. The van der Waals surface area contributed by atoms with Gasteiger partial charge in [-0.25, -0.2) is 9.18 Å². The molecule has 0 radical (unpaired) electrons. The van der Waals surface area contributed by atoms with Crippen molar-refractivity contribution in [3.63, 3.8) is 0 Å². The van der Waals surface area contributed by atoms with Crippen molar-refractivity contribution in [2.45, 2.75) is 26.9 Å². The first kappa shape index (κ1) is 20.6. The third-order valence-electron chi connectivity index (χ3n) is 4.47. The van der Waals surface area contributed by atoms with Crippen molar-refractivity contribution in [3.05, 3.63) is 82.4 Å². The molecule has 2 aromatic carbocycles. The Labute approximate surface area is 173 Å². The molecule has 0 saturated heterocycles. The van der Waals surface area contributed by atoms with Gasteiger partial charge in [0.05, 0.1) is 16.3 Å². The highest BCUT2D eigenvalue weighted by atomic mass is 35.5. The van der Waals surface area contributed by atoms with Gasteiger partial charge in [-0.3, -0.25) is 4.79 Å². The van der Waals surface area contributed by atoms with Crippen molar-refractivity contribution in [1.29, 1.82) is 0 Å². The number of aryl methyl sites for hydroxylation is 2. The summed E-state index contributed by atoms with van der Waals surface area (Å²) in [7, 11) is 0. The molecule has 1 aromatic heterocycles. The predicted octanol–water partition coefficient (Wildman–Crippen LogP) is 5.07. The fourth-order valence-corrected chi connectivity index (χ4v) is 3.14. The Balaban J connectivity index is 1.65. The van der Waals surface area contributed by atoms with Crippen LogP contribution in [-0.4, -0.2) is 22.5 Å². The molecule has 29 heavy (non-hydrogen) atoms. The summed E-state index contributed by atoms with van der Waals surface area (Å²) >= 11 is 5.89. The van der Waals surface area contributed by atoms with Gasteiger partial charge in [-0.15, -0.1) is 0 Å². The van der Waals surface area contributed by atoms with E-state index in [0.717, 1.165) is 23.1 Å². The van der Waals surface area contributed by atoms with Crippen LogP contribution in [0.5, 0.6) is 0 Å². The van der Waals surface area contributed by atoms with E-state index in [4.69, 9.17) is 16.3 Å². The van der Waals surface area contributed by atoms with Gasteiger partial charge in [-0.05, 0) is 75.4 Å². The first-order valence-electron chi connectivity index (χ1n) is 8.98. The summed E-state index contributed by atoms with van der Waals surface area (Å²) in [5.74, 6) is -1.70. The number of nitrogens with one attached hydrogen (secondary N) is 1. The number of nitrogens with zero attached hydrogens (tertiary/aromatic N) is 1. The van der Waals surface area contributed by atoms with Crippen LogP contribution in [0.15, 0.2) is 54.6 Å². The van der Waals surface area contributed by atoms with Gasteiger partial charge in [0.15, 0.2) is 6.10 Å². The molecule has 1 amide bonds. The van der Waals surface area contributed by atoms with Crippen molar-refractivity contribution in [3.8, 4) is 5.69 Å². The minimum Gasteiger partial charge on any atom is -0.449 e. The number of carbonyl (C=O) groups is 2. The molecular formula is C22H20ClFN2O3. The molecule has 0 aliphatic rings. The van der Waals surface area contributed by atoms with Crippen LogP contribution in [0.3, 0.4) is 0 Å². The number of benzene rings is 2. The van der Waals surface area contributed by atoms with Crippen LogP contribution in [0, 0.1) is 19.7 Å². The maximum Gasteiger partial charge on any atom is 0.338 e. The molecule has 0 spiro atoms. The van der Waals surface area contributed by atoms with Crippen LogP contribution >= 0.6 is 11.6 Å². The summed E-state index contributed by atoms with van der Waals surface area (Å²) in [4.78, 5) is 24.6. The number of rotatable bonds is 5. The van der Waals surface area contributed by atoms with E-state index in [2.05, 4.69) is 9.88 Å². The molecule has 0 aliphatic carbocycles. The highest BCUT2D eigenvalue weighted by Crippen LogP contribution is 2.23. The Morgan fingerprint density at radius 2 is 1.66 bits per heavy atom. The van der Waals surface area contributed by atoms with Crippen molar-refractivity contribution in [2.75, 3.05) is 5.32 Å². The predicted molar refractivity (Wildman–Crippen MR) is 110 cm³/mol. The smallest absolute Gasteiger partial charge is 0.338 e. The Kier molecular flexibility index (Phi) is 6.03. The van der Waals surface area contributed by atoms with Gasteiger partial charge in [0.25, 0.3) is 5.91 Å². The fraction of sp³-hybridized carbons (Fsp3) is 0.182. The van der Waals surface area contributed by atoms with E-state index in [0.29, 0.717) is 5.56 Å². The molecule has 0 unspecified atom stereocenters. The summed E-state index contributed by atoms with van der Waals surface area (Å²) in [6.45, 7) is 5.46. The number of hydrogen-bond acceptors (Lipinski definition) is 3. The van der Waals surface area contributed by atoms with Gasteiger partial charge < -0.3 is 14.6 Å². The second kappa shape index (κ2) is 8.49. The first-order chi connectivity index (χ1) is 13.8. The zero-order chi connectivity index (χ0) is 21.1. The summed E-state index contributed by atoms with van der Waals surface area (Å²) < 4.78 is 20.4. The highest BCUT2D eigenvalue weighted by Gasteiger charge is 2.20. The number of aromatic nitrogens is 1. The van der Waals surface area contributed by atoms with E-state index in [-0.39, 0.29) is 10.7 Å². The molecule has 3 rings (SSSR count). The van der Waals surface area contributed by atoms with Gasteiger partial charge in [-0.2, -0.15) is 0 Å². The number of hydrogen-bond donors (Lipinski definition) is 1. The van der Waals surface area contributed by atoms with Gasteiger partial charge in [0, 0.05) is 17.1 Å². The van der Waals surface area contributed by atoms with E-state index < -0.39 is 23.8 Å². The van der Waals surface area contributed by atoms with E-state index in [9.17, 15) is 14.0 Å². The lowest BCUT2D eigenvalue weighted by Crippen LogP contribution is -2.30. The number of ether oxygens (including phenoxy) is 1. The highest BCUT2D eigenvalue weighted by molar-refractivity contribution is 6.33. The second-order valence-corrected chi connectivity index (χ2v) is 7.07. The van der Waals surface area contributed by atoms with Crippen molar-refractivity contribution in [2.24, 2.45) is 0 Å². The standard InChI is InChI=1S/C22H20ClFN2O3/c1-13-4-5-14(2)26(13)18-9-6-16(7-10-18)22(28)29-15(3)21(27)25-20-11-8-17(24)12-19(20)23/h4-12,15H,1-3H3,(H,25,27)/t15-/m1/s1. The zero-order valence-corrected chi connectivity index (χ0v) is 17.0. The maximum atomic E-state index is 13.1. The van der Waals surface area contributed by atoms with E-state index in [1.807, 2.05) is 38.1 Å². The quantitative estimate of drug-likeness (QED) is 0.593. The molecule has 150 valence electrons. The summed E-state index contributed by atoms with van der Waals surface area (Å²) in [6, 6.07) is 14.6. The molecule has 0 bridgehead atoms. The fourth-order valence-electron chi connectivity index (χ4n) is 2.93. The van der Waals surface area contributed by atoms with Crippen molar-refractivity contribution >= 4 is 29.2 Å². The lowest BCUT2D eigenvalue weighted by molar-refractivity contribution is -0.123. The van der Waals surface area contributed by atoms with Crippen LogP contribution in [-0.2, 0) is 9.53 Å². The Morgan fingerprint density at radius 3 is 2.24 bits per heavy atom. The molecule has 1 atom stereocenters. The lowest BCUT2D eigenvalue weighted by atomic mass is 10.2. The molecule has 1 N–H and O–H groups in total. The number of amides is 1. The van der Waals surface area contributed by atoms with E-state index >= 15 is 0 Å². The average Bonchev–Trinajstić information content (AvgIpc) is 3.02. The average molecular weight is 415 g/mol. The summed E-state index contributed by atoms with van der Waals surface area (Å²) in [5, 5.41) is 2.57. The second-order valence-electron chi connectivity index (χ2n) is 6.66. The molecular weight excluding hydrogens is 395 g/mol. The summed E-state index contributed by atoms with van der Waals surface area (Å²) in [5.41, 5.74) is 3.67. The lowest BCUT2D eigenvalue weighted by Gasteiger charge is -2.15. The van der Waals surface area contributed by atoms with Crippen LogP contribution in [0.25, 0.3) is 5.69 Å². The Hall–Kier alpha value is -3.12. The van der Waals surface area contributed by atoms with Gasteiger partial charge >= 0.3 is 5.97 Å². The van der Waals surface area contributed by atoms with Gasteiger partial charge in [-0.1, -0.05) is 11.6 Å². The normalized spacial score (nSPS) is 11.8. The molecule has 0 fully saturated rings. The van der Waals surface area contributed by atoms with Crippen LogP contribution in [0.4, 0.5) is 10.1 Å². The Morgan fingerprint density at radius 1 is 1.03 bits per heavy atom. The monoisotopic (exact) mass is 414 g/mol. The van der Waals surface area contributed by atoms with E-state index in [1.54, 1.807) is 12.1 Å². The topological polar surface area (TPSA) is 60.3 Å². The number of carbonyl (C=O) groups excluding carboxylic acids is 2. The zero-order valence-electron chi connectivity index (χ0n) is 16.2. The van der Waals surface area contributed by atoms with Crippen LogP contribution in [0.2, 0.25) is 5.02 Å². The minimum absolute atomic E-state index is 0.0584. The van der Waals surface area contributed by atoms with Crippen LogP contribution in [0.1, 0.15) is 28.7 Å². The molecule has 0 saturated carbocycles. The number of esters is 1. The SMILES string of the molecule is Cc1ccc(C)n1-c1ccc(C(=O)O[C@H](C)C(=O)Nc2ccc(F)cc2Cl)cc1. The first-order valence-corrected chi connectivity index (χ1v) is 9.36. The largest absolute Gasteiger partial charge is 0.449 e. The molecule has 0 aliphatic heterocycles. The Bertz CT molecular complexity index is 1040. The number of halogens is 2. The number of anilines is 1. The van der Waals surface area contributed by atoms with Crippen LogP contribution < -0.4 is 5.32 Å². The maximum absolute atomic E-state index is 13.1. The minimum atomic E-state index is -1.06. The summed E-state index contributed by atoms with van der Waals surface area (Å²) in [6.07, 6.45) is -1.06. The van der Waals surface area contributed by atoms with Gasteiger partial charge in [0.1, 0.15) is 5.82 Å². The molecule has 3 aromatic rings. The van der Waals surface area contributed by atoms with Gasteiger partial charge in [0.2, 0.25) is 0 Å². The van der Waals surface area contributed by atoms with E-state index in [1.165, 1.54) is 19.1 Å². The molecule has 7 heteroatoms.